The van der Waals surface area contributed by atoms with Gasteiger partial charge in [0.15, 0.2) is 0 Å². The number of aryl methyl sites for hydroxylation is 2. The second kappa shape index (κ2) is 8.91. The lowest BCUT2D eigenvalue weighted by Crippen LogP contribution is -2.19. The Kier molecular flexibility index (Phi) is 6.32. The van der Waals surface area contributed by atoms with E-state index < -0.39 is 5.91 Å². The fraction of sp³-hybridized carbons (Fsp3) is 0.316. The monoisotopic (exact) mass is 414 g/mol. The summed E-state index contributed by atoms with van der Waals surface area (Å²) >= 11 is 1.44. The molecule has 10 heteroatoms. The first-order valence-corrected chi connectivity index (χ1v) is 10.2. The van der Waals surface area contributed by atoms with Gasteiger partial charge < -0.3 is 15.8 Å². The van der Waals surface area contributed by atoms with Crippen molar-refractivity contribution in [2.45, 2.75) is 31.8 Å². The molecule has 0 bridgehead atoms. The number of nitrogens with one attached hydrogen (secondary N) is 1. The highest BCUT2D eigenvalue weighted by Crippen LogP contribution is 2.24. The number of nitrogens with two attached hydrogens (primary N) is 1. The summed E-state index contributed by atoms with van der Waals surface area (Å²) in [6.45, 7) is 3.89. The molecule has 0 saturated carbocycles. The van der Waals surface area contributed by atoms with E-state index in [0.717, 1.165) is 17.0 Å². The van der Waals surface area contributed by atoms with Crippen LogP contribution in [0.15, 0.2) is 29.4 Å². The SMILES string of the molecule is CSc1nc2nc(C)c(CC(=O)Nc3ccccc3OCCC(N)=O)c(C)n2n1. The molecule has 3 aromatic rings. The predicted octanol–water partition coefficient (Wildman–Crippen LogP) is 1.90. The Labute approximate surface area is 172 Å². The summed E-state index contributed by atoms with van der Waals surface area (Å²) in [6.07, 6.45) is 2.13. The second-order valence-corrected chi connectivity index (χ2v) is 7.13. The summed E-state index contributed by atoms with van der Waals surface area (Å²) in [5.41, 5.74) is 8.00. The number of nitrogens with zero attached hydrogens (tertiary/aromatic N) is 4. The summed E-state index contributed by atoms with van der Waals surface area (Å²) in [5.74, 6) is 0.332. The van der Waals surface area contributed by atoms with E-state index in [1.165, 1.54) is 11.8 Å². The maximum absolute atomic E-state index is 12.7. The highest BCUT2D eigenvalue weighted by atomic mass is 32.2. The van der Waals surface area contributed by atoms with Crippen LogP contribution in [0.2, 0.25) is 0 Å². The van der Waals surface area contributed by atoms with E-state index >= 15 is 0 Å². The average Bonchev–Trinajstić information content (AvgIpc) is 3.09. The minimum absolute atomic E-state index is 0.0995. The molecule has 9 nitrogen and oxygen atoms in total. The topological polar surface area (TPSA) is 124 Å². The quantitative estimate of drug-likeness (QED) is 0.539. The first kappa shape index (κ1) is 20.6. The molecule has 0 aliphatic carbocycles. The van der Waals surface area contributed by atoms with Crippen LogP contribution in [0.5, 0.6) is 5.75 Å². The molecule has 2 heterocycles. The molecule has 2 aromatic heterocycles. The Morgan fingerprint density at radius 1 is 1.24 bits per heavy atom. The molecule has 0 unspecified atom stereocenters. The molecule has 29 heavy (non-hydrogen) atoms. The van der Waals surface area contributed by atoms with E-state index in [2.05, 4.69) is 20.4 Å². The number of anilines is 1. The normalized spacial score (nSPS) is 10.9. The van der Waals surface area contributed by atoms with Crippen LogP contribution in [0.4, 0.5) is 5.69 Å². The third kappa shape index (κ3) is 4.83. The van der Waals surface area contributed by atoms with Crippen LogP contribution < -0.4 is 15.8 Å². The van der Waals surface area contributed by atoms with Crippen LogP contribution in [0.1, 0.15) is 23.4 Å². The molecule has 0 saturated heterocycles. The molecule has 1 aromatic carbocycles. The zero-order valence-corrected chi connectivity index (χ0v) is 17.2. The molecule has 0 radical (unpaired) electrons. The molecule has 0 spiro atoms. The third-order valence-electron chi connectivity index (χ3n) is 4.32. The van der Waals surface area contributed by atoms with Gasteiger partial charge >= 0.3 is 0 Å². The van der Waals surface area contributed by atoms with Gasteiger partial charge in [-0.15, -0.1) is 5.10 Å². The Bertz CT molecular complexity index is 1070. The van der Waals surface area contributed by atoms with Crippen LogP contribution in [-0.2, 0) is 16.0 Å². The molecule has 0 atom stereocenters. The van der Waals surface area contributed by atoms with Gasteiger partial charge in [-0.3, -0.25) is 9.59 Å². The van der Waals surface area contributed by atoms with Crippen LogP contribution in [0.25, 0.3) is 5.78 Å². The van der Waals surface area contributed by atoms with E-state index in [0.29, 0.717) is 22.4 Å². The number of para-hydroxylation sites is 2. The number of rotatable bonds is 8. The second-order valence-electron chi connectivity index (χ2n) is 6.36. The van der Waals surface area contributed by atoms with Crippen molar-refractivity contribution in [1.82, 2.24) is 19.6 Å². The maximum atomic E-state index is 12.7. The van der Waals surface area contributed by atoms with E-state index in [-0.39, 0.29) is 25.4 Å². The highest BCUT2D eigenvalue weighted by Gasteiger charge is 2.17. The minimum atomic E-state index is -0.446. The molecule has 2 amide bonds. The van der Waals surface area contributed by atoms with Gasteiger partial charge in [-0.2, -0.15) is 4.98 Å². The third-order valence-corrected chi connectivity index (χ3v) is 4.85. The predicted molar refractivity (Wildman–Crippen MR) is 110 cm³/mol. The van der Waals surface area contributed by atoms with Crippen molar-refractivity contribution in [1.29, 1.82) is 0 Å². The van der Waals surface area contributed by atoms with Gasteiger partial charge in [-0.05, 0) is 32.2 Å². The van der Waals surface area contributed by atoms with Crippen molar-refractivity contribution in [2.24, 2.45) is 5.73 Å². The van der Waals surface area contributed by atoms with Gasteiger partial charge in [0.2, 0.25) is 17.0 Å². The van der Waals surface area contributed by atoms with Crippen molar-refractivity contribution in [3.63, 3.8) is 0 Å². The lowest BCUT2D eigenvalue weighted by atomic mass is 10.1. The van der Waals surface area contributed by atoms with E-state index in [1.54, 1.807) is 28.8 Å². The van der Waals surface area contributed by atoms with E-state index in [9.17, 15) is 9.59 Å². The molecule has 152 valence electrons. The van der Waals surface area contributed by atoms with Gasteiger partial charge in [0.05, 0.1) is 25.1 Å². The largest absolute Gasteiger partial charge is 0.491 e. The smallest absolute Gasteiger partial charge is 0.253 e. The highest BCUT2D eigenvalue weighted by molar-refractivity contribution is 7.98. The zero-order valence-electron chi connectivity index (χ0n) is 16.4. The van der Waals surface area contributed by atoms with E-state index in [1.807, 2.05) is 20.1 Å². The number of benzene rings is 1. The Balaban J connectivity index is 1.77. The fourth-order valence-electron chi connectivity index (χ4n) is 2.84. The summed E-state index contributed by atoms with van der Waals surface area (Å²) in [7, 11) is 0. The number of hydrogen-bond donors (Lipinski definition) is 2. The molecule has 0 aliphatic heterocycles. The van der Waals surface area contributed by atoms with Crippen LogP contribution >= 0.6 is 11.8 Å². The van der Waals surface area contributed by atoms with Crippen molar-refractivity contribution < 1.29 is 14.3 Å². The summed E-state index contributed by atoms with van der Waals surface area (Å²) in [5, 5.41) is 7.89. The van der Waals surface area contributed by atoms with Gasteiger partial charge in [0, 0.05) is 17.0 Å². The number of thioether (sulfide) groups is 1. The Morgan fingerprint density at radius 2 is 2.00 bits per heavy atom. The van der Waals surface area contributed by atoms with E-state index in [4.69, 9.17) is 10.5 Å². The minimum Gasteiger partial charge on any atom is -0.491 e. The number of ether oxygens (including phenoxy) is 1. The van der Waals surface area contributed by atoms with Gasteiger partial charge in [-0.25, -0.2) is 9.50 Å². The van der Waals surface area contributed by atoms with Crippen molar-refractivity contribution >= 4 is 35.0 Å². The van der Waals surface area contributed by atoms with Crippen molar-refractivity contribution in [3.05, 3.63) is 41.2 Å². The average molecular weight is 414 g/mol. The fourth-order valence-corrected chi connectivity index (χ4v) is 3.18. The summed E-state index contributed by atoms with van der Waals surface area (Å²) < 4.78 is 7.22. The van der Waals surface area contributed by atoms with Gasteiger partial charge in [0.1, 0.15) is 5.75 Å². The van der Waals surface area contributed by atoms with Crippen LogP contribution in [0.3, 0.4) is 0 Å². The molecule has 3 N–H and O–H groups in total. The van der Waals surface area contributed by atoms with Gasteiger partial charge in [0.25, 0.3) is 5.78 Å². The summed E-state index contributed by atoms with van der Waals surface area (Å²) in [6, 6.07) is 7.04. The number of aromatic nitrogens is 4. The first-order chi connectivity index (χ1) is 13.9. The molecular weight excluding hydrogens is 392 g/mol. The molecular formula is C19H22N6O3S. The summed E-state index contributed by atoms with van der Waals surface area (Å²) in [4.78, 5) is 32.4. The number of amides is 2. The molecule has 0 aliphatic rings. The number of fused-ring (bicyclic) bond motifs is 1. The van der Waals surface area contributed by atoms with Gasteiger partial charge in [-0.1, -0.05) is 23.9 Å². The number of carbonyl (C=O) groups excluding carboxylic acids is 2. The Hall–Kier alpha value is -3.14. The first-order valence-electron chi connectivity index (χ1n) is 8.96. The number of primary amides is 1. The molecule has 3 rings (SSSR count). The maximum Gasteiger partial charge on any atom is 0.253 e. The number of hydrogen-bond acceptors (Lipinski definition) is 7. The lowest BCUT2D eigenvalue weighted by molar-refractivity contribution is -0.118. The lowest BCUT2D eigenvalue weighted by Gasteiger charge is -2.13. The molecule has 0 fully saturated rings. The standard InChI is InChI=1S/C19H22N6O3S/c1-11-13(12(2)25-18(21-11)23-19(24-25)29-3)10-17(27)22-14-6-4-5-7-15(14)28-9-8-16(20)26/h4-7H,8-10H2,1-3H3,(H2,20,26)(H,22,27). The Morgan fingerprint density at radius 3 is 2.72 bits per heavy atom. The van der Waals surface area contributed by atoms with Crippen molar-refractivity contribution in [3.8, 4) is 5.75 Å². The zero-order chi connectivity index (χ0) is 21.0. The van der Waals surface area contributed by atoms with Crippen molar-refractivity contribution in [2.75, 3.05) is 18.2 Å². The van der Waals surface area contributed by atoms with Crippen LogP contribution in [-0.4, -0.2) is 44.3 Å². The van der Waals surface area contributed by atoms with Crippen LogP contribution in [0, 0.1) is 13.8 Å². The number of carbonyl (C=O) groups is 2.